The summed E-state index contributed by atoms with van der Waals surface area (Å²) >= 11 is 0. The van der Waals surface area contributed by atoms with Gasteiger partial charge >= 0.3 is 0 Å². The predicted octanol–water partition coefficient (Wildman–Crippen LogP) is 1.15. The summed E-state index contributed by atoms with van der Waals surface area (Å²) in [7, 11) is 1.39. The quantitative estimate of drug-likeness (QED) is 0.820. The van der Waals surface area contributed by atoms with E-state index in [1.807, 2.05) is 0 Å². The Morgan fingerprint density at radius 2 is 1.88 bits per heavy atom. The first-order chi connectivity index (χ1) is 12.6. The third-order valence-corrected chi connectivity index (χ3v) is 4.27. The van der Waals surface area contributed by atoms with Gasteiger partial charge in [-0.25, -0.2) is 9.37 Å². The van der Waals surface area contributed by atoms with Crippen LogP contribution in [0.5, 0.6) is 5.75 Å². The molecule has 8 heteroatoms. The average molecular weight is 358 g/mol. The number of carbonyl (C=O) groups is 2. The maximum Gasteiger partial charge on any atom is 0.274 e. The lowest BCUT2D eigenvalue weighted by Gasteiger charge is -2.34. The Labute approximate surface area is 150 Å². The van der Waals surface area contributed by atoms with Gasteiger partial charge in [0.15, 0.2) is 11.6 Å². The van der Waals surface area contributed by atoms with Gasteiger partial charge in [-0.15, -0.1) is 0 Å². The Bertz CT molecular complexity index is 792. The van der Waals surface area contributed by atoms with Gasteiger partial charge in [0, 0.05) is 38.6 Å². The molecule has 26 heavy (non-hydrogen) atoms. The van der Waals surface area contributed by atoms with Crippen LogP contribution in [0.15, 0.2) is 36.8 Å². The van der Waals surface area contributed by atoms with Gasteiger partial charge in [0.05, 0.1) is 19.7 Å². The van der Waals surface area contributed by atoms with E-state index in [9.17, 15) is 14.0 Å². The number of amides is 2. The molecule has 2 heterocycles. The number of ether oxygens (including phenoxy) is 1. The fraction of sp³-hybridized carbons (Fsp3) is 0.333. The minimum absolute atomic E-state index is 0.0961. The monoisotopic (exact) mass is 358 g/mol. The molecule has 7 nitrogen and oxygen atoms in total. The summed E-state index contributed by atoms with van der Waals surface area (Å²) in [5.74, 6) is -0.627. The zero-order chi connectivity index (χ0) is 18.5. The molecule has 0 N–H and O–H groups in total. The third kappa shape index (κ3) is 3.96. The van der Waals surface area contributed by atoms with E-state index in [-0.39, 0.29) is 24.0 Å². The van der Waals surface area contributed by atoms with E-state index < -0.39 is 5.82 Å². The van der Waals surface area contributed by atoms with E-state index in [0.29, 0.717) is 37.4 Å². The fourth-order valence-corrected chi connectivity index (χ4v) is 2.84. The van der Waals surface area contributed by atoms with Crippen LogP contribution >= 0.6 is 0 Å². The molecule has 2 amide bonds. The first kappa shape index (κ1) is 17.8. The molecule has 0 aliphatic carbocycles. The molecule has 0 bridgehead atoms. The first-order valence-electron chi connectivity index (χ1n) is 8.24. The summed E-state index contributed by atoms with van der Waals surface area (Å²) in [5.41, 5.74) is 0.882. The summed E-state index contributed by atoms with van der Waals surface area (Å²) in [6.45, 7) is 1.73. The van der Waals surface area contributed by atoms with E-state index in [2.05, 4.69) is 9.97 Å². The highest BCUT2D eigenvalue weighted by atomic mass is 19.1. The van der Waals surface area contributed by atoms with Crippen LogP contribution in [0, 0.1) is 5.82 Å². The number of piperazine rings is 1. The van der Waals surface area contributed by atoms with Crippen molar-refractivity contribution in [2.24, 2.45) is 0 Å². The SMILES string of the molecule is COc1ccc(CC(=O)N2CCN(C(=O)c3cnccn3)CC2)cc1F. The molecule has 0 saturated carbocycles. The smallest absolute Gasteiger partial charge is 0.274 e. The maximum absolute atomic E-state index is 13.7. The lowest BCUT2D eigenvalue weighted by Crippen LogP contribution is -2.51. The average Bonchev–Trinajstić information content (AvgIpc) is 2.68. The van der Waals surface area contributed by atoms with Gasteiger partial charge in [0.25, 0.3) is 5.91 Å². The minimum Gasteiger partial charge on any atom is -0.494 e. The topological polar surface area (TPSA) is 75.6 Å². The number of benzene rings is 1. The molecular formula is C18H19FN4O3. The summed E-state index contributed by atoms with van der Waals surface area (Å²) in [5, 5.41) is 0. The van der Waals surface area contributed by atoms with Gasteiger partial charge in [-0.05, 0) is 17.7 Å². The predicted molar refractivity (Wildman–Crippen MR) is 91.2 cm³/mol. The van der Waals surface area contributed by atoms with Crippen LogP contribution in [0.1, 0.15) is 16.1 Å². The van der Waals surface area contributed by atoms with Crippen molar-refractivity contribution < 1.29 is 18.7 Å². The Morgan fingerprint density at radius 1 is 1.15 bits per heavy atom. The molecule has 0 radical (unpaired) electrons. The van der Waals surface area contributed by atoms with E-state index >= 15 is 0 Å². The van der Waals surface area contributed by atoms with Gasteiger partial charge in [-0.2, -0.15) is 0 Å². The number of nitrogens with zero attached hydrogens (tertiary/aromatic N) is 4. The van der Waals surface area contributed by atoms with Crippen LogP contribution in [-0.2, 0) is 11.2 Å². The van der Waals surface area contributed by atoms with Crippen LogP contribution in [0.4, 0.5) is 4.39 Å². The maximum atomic E-state index is 13.7. The van der Waals surface area contributed by atoms with Crippen molar-refractivity contribution in [3.8, 4) is 5.75 Å². The van der Waals surface area contributed by atoms with E-state index in [0.717, 1.165) is 0 Å². The number of hydrogen-bond acceptors (Lipinski definition) is 5. The molecular weight excluding hydrogens is 339 g/mol. The van der Waals surface area contributed by atoms with Crippen LogP contribution in [-0.4, -0.2) is 64.9 Å². The minimum atomic E-state index is -0.489. The van der Waals surface area contributed by atoms with Crippen molar-refractivity contribution in [1.29, 1.82) is 0 Å². The normalized spacial score (nSPS) is 14.2. The van der Waals surface area contributed by atoms with E-state index in [1.54, 1.807) is 15.9 Å². The summed E-state index contributed by atoms with van der Waals surface area (Å²) in [6.07, 6.45) is 4.52. The molecule has 1 aromatic heterocycles. The van der Waals surface area contributed by atoms with Crippen molar-refractivity contribution in [2.45, 2.75) is 6.42 Å². The van der Waals surface area contributed by atoms with Gasteiger partial charge in [0.1, 0.15) is 5.69 Å². The third-order valence-electron chi connectivity index (χ3n) is 4.27. The van der Waals surface area contributed by atoms with E-state index in [4.69, 9.17) is 4.74 Å². The molecule has 1 aliphatic heterocycles. The van der Waals surface area contributed by atoms with Gasteiger partial charge in [-0.3, -0.25) is 14.6 Å². The number of hydrogen-bond donors (Lipinski definition) is 0. The van der Waals surface area contributed by atoms with Crippen molar-refractivity contribution in [3.05, 3.63) is 53.9 Å². The lowest BCUT2D eigenvalue weighted by molar-refractivity contribution is -0.131. The second-order valence-corrected chi connectivity index (χ2v) is 5.91. The summed E-state index contributed by atoms with van der Waals surface area (Å²) < 4.78 is 18.6. The zero-order valence-corrected chi connectivity index (χ0v) is 14.4. The fourth-order valence-electron chi connectivity index (χ4n) is 2.84. The molecule has 1 fully saturated rings. The molecule has 1 aliphatic rings. The summed E-state index contributed by atoms with van der Waals surface area (Å²) in [4.78, 5) is 36.0. The molecule has 1 saturated heterocycles. The van der Waals surface area contributed by atoms with Gasteiger partial charge in [-0.1, -0.05) is 6.07 Å². The molecule has 0 unspecified atom stereocenters. The molecule has 2 aromatic rings. The van der Waals surface area contributed by atoms with Crippen LogP contribution < -0.4 is 4.74 Å². The standard InChI is InChI=1S/C18H19FN4O3/c1-26-16-3-2-13(10-14(16)19)11-17(24)22-6-8-23(9-7-22)18(25)15-12-20-4-5-21-15/h2-5,10,12H,6-9,11H2,1H3. The molecule has 136 valence electrons. The van der Waals surface area contributed by atoms with Gasteiger partial charge in [0.2, 0.25) is 5.91 Å². The number of carbonyl (C=O) groups excluding carboxylic acids is 2. The molecule has 3 rings (SSSR count). The van der Waals surface area contributed by atoms with Crippen molar-refractivity contribution in [3.63, 3.8) is 0 Å². The Kier molecular flexibility index (Phi) is 5.40. The van der Waals surface area contributed by atoms with E-state index in [1.165, 1.54) is 37.8 Å². The van der Waals surface area contributed by atoms with Crippen molar-refractivity contribution >= 4 is 11.8 Å². The second kappa shape index (κ2) is 7.90. The van der Waals surface area contributed by atoms with Gasteiger partial charge < -0.3 is 14.5 Å². The number of rotatable bonds is 4. The highest BCUT2D eigenvalue weighted by molar-refractivity contribution is 5.92. The Balaban J connectivity index is 1.55. The second-order valence-electron chi connectivity index (χ2n) is 5.91. The van der Waals surface area contributed by atoms with Crippen LogP contribution in [0.25, 0.3) is 0 Å². The molecule has 0 atom stereocenters. The zero-order valence-electron chi connectivity index (χ0n) is 14.4. The highest BCUT2D eigenvalue weighted by Gasteiger charge is 2.25. The van der Waals surface area contributed by atoms with Crippen molar-refractivity contribution in [1.82, 2.24) is 19.8 Å². The molecule has 0 spiro atoms. The summed E-state index contributed by atoms with van der Waals surface area (Å²) in [6, 6.07) is 4.49. The van der Waals surface area contributed by atoms with Crippen molar-refractivity contribution in [2.75, 3.05) is 33.3 Å². The first-order valence-corrected chi connectivity index (χ1v) is 8.24. The lowest BCUT2D eigenvalue weighted by atomic mass is 10.1. The Morgan fingerprint density at radius 3 is 2.50 bits per heavy atom. The molecule has 1 aromatic carbocycles. The number of aromatic nitrogens is 2. The largest absolute Gasteiger partial charge is 0.494 e. The van der Waals surface area contributed by atoms with Crippen LogP contribution in [0.2, 0.25) is 0 Å². The highest BCUT2D eigenvalue weighted by Crippen LogP contribution is 2.18. The van der Waals surface area contributed by atoms with Crippen LogP contribution in [0.3, 0.4) is 0 Å². The number of halogens is 1. The number of methoxy groups -OCH3 is 1. The Hall–Kier alpha value is -3.03.